The van der Waals surface area contributed by atoms with E-state index in [2.05, 4.69) is 8.44 Å². The van der Waals surface area contributed by atoms with Gasteiger partial charge in [-0.05, 0) is 12.1 Å². The van der Waals surface area contributed by atoms with E-state index >= 15 is 0 Å². The number of carboxylic acids is 1. The summed E-state index contributed by atoms with van der Waals surface area (Å²) >= 11 is 1.70. The first-order valence-corrected chi connectivity index (χ1v) is 4.06. The van der Waals surface area contributed by atoms with Crippen molar-refractivity contribution < 1.29 is 9.90 Å². The van der Waals surface area contributed by atoms with Gasteiger partial charge in [0.2, 0.25) is 0 Å². The Kier molecular flexibility index (Phi) is 3.15. The van der Waals surface area contributed by atoms with E-state index in [-0.39, 0.29) is 5.56 Å². The highest BCUT2D eigenvalue weighted by molar-refractivity contribution is 14.1. The summed E-state index contributed by atoms with van der Waals surface area (Å²) in [4.78, 5) is 10.6. The summed E-state index contributed by atoms with van der Waals surface area (Å²) < 4.78 is 3.48. The van der Waals surface area contributed by atoms with Crippen molar-refractivity contribution in [3.05, 3.63) is 29.8 Å². The molecule has 0 spiro atoms. The van der Waals surface area contributed by atoms with Crippen molar-refractivity contribution >= 4 is 34.5 Å². The minimum absolute atomic E-state index is 0.165. The number of carbonyl (C=O) groups is 1. The van der Waals surface area contributed by atoms with Crippen molar-refractivity contribution in [3.8, 4) is 0 Å². The molecule has 5 heteroatoms. The molecular formula is C7H5IN2O2. The van der Waals surface area contributed by atoms with Crippen molar-refractivity contribution in [2.24, 2.45) is 8.44 Å². The lowest BCUT2D eigenvalue weighted by Gasteiger charge is -1.96. The molecule has 0 aliphatic heterocycles. The Labute approximate surface area is 82.8 Å². The van der Waals surface area contributed by atoms with Crippen LogP contribution < -0.4 is 0 Å². The Balaban J connectivity index is 3.17. The Bertz CT molecular complexity index is 325. The van der Waals surface area contributed by atoms with Crippen LogP contribution in [0.2, 0.25) is 0 Å². The lowest BCUT2D eigenvalue weighted by Crippen LogP contribution is -1.95. The molecule has 1 aromatic rings. The van der Waals surface area contributed by atoms with Crippen LogP contribution in [0.4, 0.5) is 5.69 Å². The highest BCUT2D eigenvalue weighted by Crippen LogP contribution is 2.19. The maximum absolute atomic E-state index is 10.6. The van der Waals surface area contributed by atoms with Gasteiger partial charge in [-0.1, -0.05) is 12.1 Å². The Morgan fingerprint density at radius 2 is 2.08 bits per heavy atom. The van der Waals surface area contributed by atoms with Crippen molar-refractivity contribution in [1.29, 1.82) is 0 Å². The van der Waals surface area contributed by atoms with E-state index < -0.39 is 5.97 Å². The fourth-order valence-corrected chi connectivity index (χ4v) is 1.01. The fourth-order valence-electron chi connectivity index (χ4n) is 0.782. The maximum Gasteiger partial charge on any atom is 0.337 e. The Morgan fingerprint density at radius 3 is 2.67 bits per heavy atom. The number of halogens is 1. The van der Waals surface area contributed by atoms with Gasteiger partial charge in [-0.15, -0.1) is 8.44 Å². The number of rotatable bonds is 2. The molecule has 4 nitrogen and oxygen atoms in total. The molecule has 0 unspecified atom stereocenters. The average Bonchev–Trinajstić information content (AvgIpc) is 2.05. The molecule has 0 aliphatic carbocycles. The van der Waals surface area contributed by atoms with Gasteiger partial charge in [0.15, 0.2) is 0 Å². The highest BCUT2D eigenvalue weighted by Gasteiger charge is 2.07. The number of carboxylic acid groups (broad SMARTS) is 1. The van der Waals surface area contributed by atoms with E-state index in [1.165, 1.54) is 6.07 Å². The molecule has 0 aliphatic rings. The summed E-state index contributed by atoms with van der Waals surface area (Å²) in [6, 6.07) is 6.46. The molecule has 0 saturated carbocycles. The first-order valence-electron chi connectivity index (χ1n) is 3.10. The third kappa shape index (κ3) is 2.00. The molecule has 0 heterocycles. The van der Waals surface area contributed by atoms with E-state index in [0.29, 0.717) is 5.69 Å². The first-order chi connectivity index (χ1) is 5.75. The molecule has 0 atom stereocenters. The zero-order valence-electron chi connectivity index (χ0n) is 5.94. The zero-order chi connectivity index (χ0) is 8.97. The molecule has 1 rings (SSSR count). The monoisotopic (exact) mass is 276 g/mol. The third-order valence-corrected chi connectivity index (χ3v) is 1.50. The summed E-state index contributed by atoms with van der Waals surface area (Å²) in [6.45, 7) is 0. The SMILES string of the molecule is O=C(O)c1ccccc1N=NI. The van der Waals surface area contributed by atoms with E-state index in [4.69, 9.17) is 5.11 Å². The van der Waals surface area contributed by atoms with Crippen molar-refractivity contribution in [1.82, 2.24) is 0 Å². The van der Waals surface area contributed by atoms with Gasteiger partial charge in [0.25, 0.3) is 0 Å². The second-order valence-corrected chi connectivity index (χ2v) is 2.43. The van der Waals surface area contributed by atoms with Crippen LogP contribution >= 0.6 is 22.9 Å². The number of hydrogen-bond donors (Lipinski definition) is 1. The van der Waals surface area contributed by atoms with Crippen LogP contribution in [0, 0.1) is 0 Å². The highest BCUT2D eigenvalue weighted by atomic mass is 127. The van der Waals surface area contributed by atoms with Gasteiger partial charge < -0.3 is 5.11 Å². The van der Waals surface area contributed by atoms with Gasteiger partial charge in [-0.25, -0.2) is 4.79 Å². The summed E-state index contributed by atoms with van der Waals surface area (Å²) in [5, 5.41) is 12.3. The standard InChI is InChI=1S/C7H5IN2O2/c8-10-9-6-4-2-1-3-5(6)7(11)12/h1-4H,(H,11,12). The molecular weight excluding hydrogens is 271 g/mol. The van der Waals surface area contributed by atoms with Crippen LogP contribution in [0.25, 0.3) is 0 Å². The Hall–Kier alpha value is -0.980. The van der Waals surface area contributed by atoms with Gasteiger partial charge in [-0.3, -0.25) is 0 Å². The predicted octanol–water partition coefficient (Wildman–Crippen LogP) is 2.82. The third-order valence-electron chi connectivity index (χ3n) is 1.28. The first kappa shape index (κ1) is 9.11. The zero-order valence-corrected chi connectivity index (χ0v) is 8.09. The fraction of sp³-hybridized carbons (Fsp3) is 0. The van der Waals surface area contributed by atoms with Crippen LogP contribution in [0.5, 0.6) is 0 Å². The minimum Gasteiger partial charge on any atom is -0.478 e. The Morgan fingerprint density at radius 1 is 1.42 bits per heavy atom. The van der Waals surface area contributed by atoms with Crippen LogP contribution in [0.15, 0.2) is 32.7 Å². The second kappa shape index (κ2) is 4.15. The summed E-state index contributed by atoms with van der Waals surface area (Å²) in [6.07, 6.45) is 0. The van der Waals surface area contributed by atoms with Gasteiger partial charge in [0.1, 0.15) is 28.6 Å². The smallest absolute Gasteiger partial charge is 0.337 e. The molecule has 0 radical (unpaired) electrons. The lowest BCUT2D eigenvalue weighted by molar-refractivity contribution is 0.0698. The van der Waals surface area contributed by atoms with Gasteiger partial charge in [-0.2, -0.15) is 0 Å². The molecule has 0 saturated heterocycles. The molecule has 1 aromatic carbocycles. The van der Waals surface area contributed by atoms with Crippen LogP contribution in [-0.2, 0) is 0 Å². The molecule has 62 valence electrons. The summed E-state index contributed by atoms with van der Waals surface area (Å²) in [7, 11) is 0. The number of benzene rings is 1. The van der Waals surface area contributed by atoms with Crippen molar-refractivity contribution in [2.45, 2.75) is 0 Å². The largest absolute Gasteiger partial charge is 0.478 e. The van der Waals surface area contributed by atoms with Crippen molar-refractivity contribution in [2.75, 3.05) is 0 Å². The van der Waals surface area contributed by atoms with Crippen LogP contribution in [0.3, 0.4) is 0 Å². The molecule has 0 amide bonds. The molecule has 1 N–H and O–H groups in total. The predicted molar refractivity (Wildman–Crippen MR) is 51.9 cm³/mol. The van der Waals surface area contributed by atoms with E-state index in [1.807, 2.05) is 0 Å². The van der Waals surface area contributed by atoms with E-state index in [9.17, 15) is 4.79 Å². The van der Waals surface area contributed by atoms with Gasteiger partial charge in [0.05, 0.1) is 5.56 Å². The molecule has 0 bridgehead atoms. The summed E-state index contributed by atoms with van der Waals surface area (Å²) in [5.41, 5.74) is 0.539. The van der Waals surface area contributed by atoms with Crippen molar-refractivity contribution in [3.63, 3.8) is 0 Å². The van der Waals surface area contributed by atoms with E-state index in [1.54, 1.807) is 41.1 Å². The molecule has 0 fully saturated rings. The molecule has 12 heavy (non-hydrogen) atoms. The topological polar surface area (TPSA) is 62.0 Å². The number of nitrogens with zero attached hydrogens (tertiary/aromatic N) is 2. The number of aromatic carboxylic acids is 1. The second-order valence-electron chi connectivity index (χ2n) is 2.00. The quantitative estimate of drug-likeness (QED) is 0.666. The van der Waals surface area contributed by atoms with E-state index in [0.717, 1.165) is 0 Å². The average molecular weight is 276 g/mol. The minimum atomic E-state index is -0.991. The maximum atomic E-state index is 10.6. The van der Waals surface area contributed by atoms with Crippen LogP contribution in [-0.4, -0.2) is 11.1 Å². The lowest BCUT2D eigenvalue weighted by atomic mass is 10.2. The molecule has 0 aromatic heterocycles. The van der Waals surface area contributed by atoms with Gasteiger partial charge in [0, 0.05) is 0 Å². The summed E-state index contributed by atoms with van der Waals surface area (Å²) in [5.74, 6) is -0.991. The van der Waals surface area contributed by atoms with Gasteiger partial charge >= 0.3 is 5.97 Å². The normalized spacial score (nSPS) is 10.4. The number of hydrogen-bond acceptors (Lipinski definition) is 3. The van der Waals surface area contributed by atoms with Crippen LogP contribution in [0.1, 0.15) is 10.4 Å².